The lowest BCUT2D eigenvalue weighted by molar-refractivity contribution is -0.141. The number of halogens is 4. The average molecular weight is 290 g/mol. The zero-order chi connectivity index (χ0) is 14.2. The number of alkyl halides is 3. The summed E-state index contributed by atoms with van der Waals surface area (Å²) in [7, 11) is 0. The van der Waals surface area contributed by atoms with Crippen LogP contribution in [0.2, 0.25) is 0 Å². The molecule has 0 amide bonds. The molecule has 19 heavy (non-hydrogen) atoms. The summed E-state index contributed by atoms with van der Waals surface area (Å²) in [6.45, 7) is 1.39. The lowest BCUT2D eigenvalue weighted by Crippen LogP contribution is -2.10. The van der Waals surface area contributed by atoms with Crippen LogP contribution in [-0.4, -0.2) is 4.98 Å². The summed E-state index contributed by atoms with van der Waals surface area (Å²) >= 11 is 0.881. The Balaban J connectivity index is 2.55. The number of thiazole rings is 1. The Morgan fingerprint density at radius 2 is 2.00 bits per heavy atom. The molecule has 0 atom stereocenters. The van der Waals surface area contributed by atoms with E-state index < -0.39 is 17.7 Å². The fraction of sp³-hybridized carbons (Fsp3) is 0.250. The monoisotopic (exact) mass is 290 g/mol. The fourth-order valence-electron chi connectivity index (χ4n) is 1.69. The van der Waals surface area contributed by atoms with Crippen molar-refractivity contribution in [3.8, 4) is 10.6 Å². The molecule has 2 aromatic rings. The van der Waals surface area contributed by atoms with Crippen LogP contribution in [0.3, 0.4) is 0 Å². The van der Waals surface area contributed by atoms with Gasteiger partial charge in [0, 0.05) is 12.1 Å². The first-order valence-electron chi connectivity index (χ1n) is 5.36. The third-order valence-electron chi connectivity index (χ3n) is 2.57. The van der Waals surface area contributed by atoms with E-state index in [2.05, 4.69) is 4.98 Å². The highest BCUT2D eigenvalue weighted by molar-refractivity contribution is 7.15. The highest BCUT2D eigenvalue weighted by atomic mass is 32.1. The SMILES string of the molecule is Cc1cc(F)ccc1-c1nc(C(F)(F)F)c(CN)s1. The maximum Gasteiger partial charge on any atom is 0.434 e. The first-order chi connectivity index (χ1) is 8.82. The fourth-order valence-corrected chi connectivity index (χ4v) is 2.74. The van der Waals surface area contributed by atoms with Crippen molar-refractivity contribution in [2.24, 2.45) is 5.73 Å². The molecule has 1 aromatic heterocycles. The van der Waals surface area contributed by atoms with Crippen LogP contribution in [-0.2, 0) is 12.7 Å². The van der Waals surface area contributed by atoms with Crippen LogP contribution >= 0.6 is 11.3 Å². The maximum atomic E-state index is 13.0. The average Bonchev–Trinajstić information content (AvgIpc) is 2.72. The van der Waals surface area contributed by atoms with E-state index >= 15 is 0 Å². The zero-order valence-corrected chi connectivity index (χ0v) is 10.7. The van der Waals surface area contributed by atoms with Crippen molar-refractivity contribution < 1.29 is 17.6 Å². The number of rotatable bonds is 2. The minimum absolute atomic E-state index is 0.0220. The highest BCUT2D eigenvalue weighted by Crippen LogP contribution is 2.38. The topological polar surface area (TPSA) is 38.9 Å². The van der Waals surface area contributed by atoms with Gasteiger partial charge < -0.3 is 5.73 Å². The molecule has 0 aliphatic carbocycles. The number of aryl methyl sites for hydroxylation is 1. The molecule has 1 aromatic carbocycles. The molecule has 0 saturated heterocycles. The largest absolute Gasteiger partial charge is 0.434 e. The van der Waals surface area contributed by atoms with E-state index in [1.165, 1.54) is 18.2 Å². The standard InChI is InChI=1S/C12H10F4N2S/c1-6-4-7(13)2-3-8(6)11-18-10(12(14,15)16)9(5-17)19-11/h2-4H,5,17H2,1H3. The van der Waals surface area contributed by atoms with Gasteiger partial charge in [0.2, 0.25) is 0 Å². The minimum atomic E-state index is -4.53. The molecule has 0 unspecified atom stereocenters. The van der Waals surface area contributed by atoms with Crippen molar-refractivity contribution in [2.75, 3.05) is 0 Å². The van der Waals surface area contributed by atoms with Gasteiger partial charge in [-0.2, -0.15) is 13.2 Å². The van der Waals surface area contributed by atoms with Gasteiger partial charge in [-0.1, -0.05) is 0 Å². The summed E-state index contributed by atoms with van der Waals surface area (Å²) in [6, 6.07) is 3.87. The van der Waals surface area contributed by atoms with Gasteiger partial charge in [0.1, 0.15) is 10.8 Å². The van der Waals surface area contributed by atoms with E-state index in [0.717, 1.165) is 11.3 Å². The normalized spacial score (nSPS) is 11.9. The molecular weight excluding hydrogens is 280 g/mol. The molecule has 0 spiro atoms. The maximum absolute atomic E-state index is 13.0. The summed E-state index contributed by atoms with van der Waals surface area (Å²) in [5.41, 5.74) is 5.37. The summed E-state index contributed by atoms with van der Waals surface area (Å²) in [5, 5.41) is 0.199. The predicted octanol–water partition coefficient (Wildman–Crippen LogP) is 3.74. The van der Waals surface area contributed by atoms with Crippen LogP contribution in [0.4, 0.5) is 17.6 Å². The minimum Gasteiger partial charge on any atom is -0.326 e. The predicted molar refractivity (Wildman–Crippen MR) is 65.1 cm³/mol. The van der Waals surface area contributed by atoms with Crippen molar-refractivity contribution in [3.63, 3.8) is 0 Å². The Labute approximate surface area is 110 Å². The van der Waals surface area contributed by atoms with Gasteiger partial charge in [-0.25, -0.2) is 9.37 Å². The van der Waals surface area contributed by atoms with Crippen molar-refractivity contribution in [1.29, 1.82) is 0 Å². The van der Waals surface area contributed by atoms with Crippen LogP contribution in [0, 0.1) is 12.7 Å². The molecule has 7 heteroatoms. The van der Waals surface area contributed by atoms with E-state index in [1.807, 2.05) is 0 Å². The first kappa shape index (κ1) is 14.0. The van der Waals surface area contributed by atoms with Gasteiger partial charge in [-0.05, 0) is 30.7 Å². The Kier molecular flexibility index (Phi) is 3.60. The van der Waals surface area contributed by atoms with Crippen molar-refractivity contribution in [3.05, 3.63) is 40.2 Å². The summed E-state index contributed by atoms with van der Waals surface area (Å²) in [4.78, 5) is 3.58. The summed E-state index contributed by atoms with van der Waals surface area (Å²) in [5.74, 6) is -0.437. The zero-order valence-electron chi connectivity index (χ0n) is 9.88. The van der Waals surface area contributed by atoms with Crippen LogP contribution in [0.1, 0.15) is 16.1 Å². The molecule has 0 aliphatic rings. The lowest BCUT2D eigenvalue weighted by atomic mass is 10.1. The van der Waals surface area contributed by atoms with Crippen molar-refractivity contribution >= 4 is 11.3 Å². The number of nitrogens with two attached hydrogens (primary N) is 1. The van der Waals surface area contributed by atoms with E-state index in [-0.39, 0.29) is 16.4 Å². The van der Waals surface area contributed by atoms with Crippen LogP contribution in [0.5, 0.6) is 0 Å². The van der Waals surface area contributed by atoms with Crippen molar-refractivity contribution in [1.82, 2.24) is 4.98 Å². The van der Waals surface area contributed by atoms with Crippen molar-refractivity contribution in [2.45, 2.75) is 19.6 Å². The Morgan fingerprint density at radius 1 is 1.32 bits per heavy atom. The van der Waals surface area contributed by atoms with Gasteiger partial charge in [-0.3, -0.25) is 0 Å². The molecule has 0 aliphatic heterocycles. The van der Waals surface area contributed by atoms with Gasteiger partial charge in [0.05, 0.1) is 4.88 Å². The van der Waals surface area contributed by atoms with E-state index in [9.17, 15) is 17.6 Å². The smallest absolute Gasteiger partial charge is 0.326 e. The third kappa shape index (κ3) is 2.76. The Morgan fingerprint density at radius 3 is 2.47 bits per heavy atom. The molecule has 0 radical (unpaired) electrons. The van der Waals surface area contributed by atoms with Gasteiger partial charge >= 0.3 is 6.18 Å². The Bertz CT molecular complexity index is 604. The number of hydrogen-bond donors (Lipinski definition) is 1. The van der Waals surface area contributed by atoms with Crippen LogP contribution in [0.25, 0.3) is 10.6 Å². The molecule has 0 bridgehead atoms. The molecule has 102 valence electrons. The van der Waals surface area contributed by atoms with E-state index in [0.29, 0.717) is 11.1 Å². The molecular formula is C12H10F4N2S. The first-order valence-corrected chi connectivity index (χ1v) is 6.18. The molecule has 0 saturated carbocycles. The second-order valence-electron chi connectivity index (χ2n) is 3.95. The second-order valence-corrected chi connectivity index (χ2v) is 5.04. The van der Waals surface area contributed by atoms with E-state index in [1.54, 1.807) is 6.92 Å². The summed E-state index contributed by atoms with van der Waals surface area (Å²) < 4.78 is 51.3. The quantitative estimate of drug-likeness (QED) is 0.856. The number of aromatic nitrogens is 1. The summed E-state index contributed by atoms with van der Waals surface area (Å²) in [6.07, 6.45) is -4.53. The molecule has 2 nitrogen and oxygen atoms in total. The Hall–Kier alpha value is -1.47. The molecule has 1 heterocycles. The van der Waals surface area contributed by atoms with Crippen LogP contribution in [0.15, 0.2) is 18.2 Å². The third-order valence-corrected chi connectivity index (χ3v) is 3.68. The van der Waals surface area contributed by atoms with Gasteiger partial charge in [0.15, 0.2) is 5.69 Å². The number of hydrogen-bond acceptors (Lipinski definition) is 3. The highest BCUT2D eigenvalue weighted by Gasteiger charge is 2.37. The van der Waals surface area contributed by atoms with E-state index in [4.69, 9.17) is 5.73 Å². The molecule has 2 rings (SSSR count). The number of benzene rings is 1. The second kappa shape index (κ2) is 4.90. The number of nitrogens with zero attached hydrogens (tertiary/aromatic N) is 1. The molecule has 0 fully saturated rings. The molecule has 2 N–H and O–H groups in total. The van der Waals surface area contributed by atoms with Crippen LogP contribution < -0.4 is 5.73 Å². The lowest BCUT2D eigenvalue weighted by Gasteiger charge is -2.04. The van der Waals surface area contributed by atoms with Gasteiger partial charge in [0.25, 0.3) is 0 Å². The van der Waals surface area contributed by atoms with Gasteiger partial charge in [-0.15, -0.1) is 11.3 Å².